The van der Waals surface area contributed by atoms with Gasteiger partial charge in [-0.3, -0.25) is 0 Å². The molecular formula is C41H50Cl2Zr-2. The number of allylic oxidation sites excluding steroid dienone is 6. The summed E-state index contributed by atoms with van der Waals surface area (Å²) in [6.07, 6.45) is 6.12. The molecule has 3 heteroatoms. The van der Waals surface area contributed by atoms with Gasteiger partial charge in [0.2, 0.25) is 0 Å². The van der Waals surface area contributed by atoms with Gasteiger partial charge in [0, 0.05) is 5.41 Å². The van der Waals surface area contributed by atoms with Gasteiger partial charge in [-0.1, -0.05) is 120 Å². The second kappa shape index (κ2) is 14.1. The summed E-state index contributed by atoms with van der Waals surface area (Å²) in [5.41, 5.74) is 9.93. The minimum absolute atomic E-state index is 0. The monoisotopic (exact) mass is 702 g/mol. The van der Waals surface area contributed by atoms with Gasteiger partial charge in [-0.05, 0) is 34.7 Å². The van der Waals surface area contributed by atoms with Crippen LogP contribution in [0.15, 0.2) is 95.6 Å². The Bertz CT molecular complexity index is 1550. The van der Waals surface area contributed by atoms with E-state index in [1.807, 2.05) is 0 Å². The molecule has 3 aromatic rings. The number of rotatable bonds is 0. The predicted octanol–water partition coefficient (Wildman–Crippen LogP) is 4.99. The molecule has 0 bridgehead atoms. The summed E-state index contributed by atoms with van der Waals surface area (Å²) in [5, 5.41) is 2.66. The third-order valence-corrected chi connectivity index (χ3v) is 12.1. The largest absolute Gasteiger partial charge is 1.00 e. The number of fused-ring (bicyclic) bond motifs is 7. The molecule has 4 aliphatic rings. The second-order valence-electron chi connectivity index (χ2n) is 14.2. The summed E-state index contributed by atoms with van der Waals surface area (Å²) in [6.45, 7) is 24.4. The van der Waals surface area contributed by atoms with Crippen molar-refractivity contribution >= 4 is 19.6 Å². The first-order valence-corrected chi connectivity index (χ1v) is 17.3. The number of hydrogen-bond acceptors (Lipinski definition) is 0. The zero-order valence-electron chi connectivity index (χ0n) is 28.4. The van der Waals surface area contributed by atoms with Crippen LogP contribution in [0.4, 0.5) is 0 Å². The van der Waals surface area contributed by atoms with E-state index in [1.165, 1.54) is 25.1 Å². The molecule has 234 valence electrons. The van der Waals surface area contributed by atoms with E-state index in [0.29, 0.717) is 29.6 Å². The first kappa shape index (κ1) is 36.9. The van der Waals surface area contributed by atoms with Crippen molar-refractivity contribution in [1.82, 2.24) is 0 Å². The average molecular weight is 705 g/mol. The fourth-order valence-electron chi connectivity index (χ4n) is 8.91. The van der Waals surface area contributed by atoms with E-state index in [4.69, 9.17) is 0 Å². The van der Waals surface area contributed by atoms with E-state index >= 15 is 0 Å². The molecule has 0 aromatic heterocycles. The Balaban J connectivity index is 0.000000294. The van der Waals surface area contributed by atoms with Crippen molar-refractivity contribution < 1.29 is 49.0 Å². The van der Waals surface area contributed by atoms with Gasteiger partial charge in [0.25, 0.3) is 0 Å². The number of hydrogen-bond donors (Lipinski definition) is 0. The minimum Gasteiger partial charge on any atom is -1.00 e. The molecule has 7 unspecified atom stereocenters. The molecule has 4 aliphatic carbocycles. The van der Waals surface area contributed by atoms with Crippen LogP contribution in [-0.4, -0.2) is 3.21 Å². The van der Waals surface area contributed by atoms with Crippen molar-refractivity contribution in [3.05, 3.63) is 113 Å². The molecule has 0 spiro atoms. The van der Waals surface area contributed by atoms with E-state index < -0.39 is 0 Å². The molecule has 0 nitrogen and oxygen atoms in total. The fraction of sp³-hybridized carbons (Fsp3) is 0.439. The summed E-state index contributed by atoms with van der Waals surface area (Å²) in [7, 11) is 0. The van der Waals surface area contributed by atoms with Gasteiger partial charge in [0.1, 0.15) is 0 Å². The molecule has 1 saturated carbocycles. The Morgan fingerprint density at radius 1 is 0.864 bits per heavy atom. The van der Waals surface area contributed by atoms with Crippen LogP contribution in [-0.2, 0) is 30.7 Å². The molecule has 0 heterocycles. The van der Waals surface area contributed by atoms with Crippen LogP contribution in [0.3, 0.4) is 0 Å². The summed E-state index contributed by atoms with van der Waals surface area (Å²) in [6, 6.07) is 23.9. The number of benzene rings is 2. The maximum absolute atomic E-state index is 2.63. The molecule has 0 amide bonds. The van der Waals surface area contributed by atoms with Gasteiger partial charge >= 0.3 is 41.3 Å². The predicted molar refractivity (Wildman–Crippen MR) is 180 cm³/mol. The van der Waals surface area contributed by atoms with Crippen molar-refractivity contribution in [2.75, 3.05) is 0 Å². The summed E-state index contributed by atoms with van der Waals surface area (Å²) in [4.78, 5) is 0. The van der Waals surface area contributed by atoms with Crippen molar-refractivity contribution in [3.8, 4) is 0 Å². The van der Waals surface area contributed by atoms with Crippen molar-refractivity contribution in [2.45, 2.75) is 75.7 Å². The van der Waals surface area contributed by atoms with Gasteiger partial charge in [-0.15, -0.1) is 36.6 Å². The van der Waals surface area contributed by atoms with Crippen LogP contribution >= 0.6 is 0 Å². The molecule has 7 atom stereocenters. The summed E-state index contributed by atoms with van der Waals surface area (Å²) < 4.78 is 1.51. The smallest absolute Gasteiger partial charge is 0.0809 e. The first-order valence-electron chi connectivity index (χ1n) is 16.1. The van der Waals surface area contributed by atoms with E-state index in [2.05, 4.69) is 148 Å². The van der Waals surface area contributed by atoms with Crippen molar-refractivity contribution in [2.24, 2.45) is 40.4 Å². The topological polar surface area (TPSA) is 0 Å². The maximum atomic E-state index is 2.63. The van der Waals surface area contributed by atoms with Crippen molar-refractivity contribution in [1.29, 1.82) is 0 Å². The van der Waals surface area contributed by atoms with Crippen LogP contribution < -0.4 is 24.8 Å². The number of halogens is 2. The van der Waals surface area contributed by atoms with Gasteiger partial charge in [-0.25, -0.2) is 5.92 Å². The third-order valence-electron chi connectivity index (χ3n) is 12.1. The fourth-order valence-corrected chi connectivity index (χ4v) is 8.91. The van der Waals surface area contributed by atoms with E-state index in [1.54, 1.807) is 52.4 Å². The van der Waals surface area contributed by atoms with Crippen LogP contribution in [0, 0.1) is 46.3 Å². The molecule has 3 aromatic carbocycles. The second-order valence-corrected chi connectivity index (χ2v) is 16.6. The Morgan fingerprint density at radius 3 is 2.14 bits per heavy atom. The zero-order chi connectivity index (χ0) is 30.6. The Labute approximate surface area is 295 Å². The Kier molecular flexibility index (Phi) is 11.8. The molecule has 1 fully saturated rings. The average Bonchev–Trinajstić information content (AvgIpc) is 3.59. The van der Waals surface area contributed by atoms with E-state index in [-0.39, 0.29) is 35.6 Å². The standard InChI is InChI=1S/C29H37.C9H7.C3H6.2ClH.Zr/c1-16-13-14-25-26-23-12-10-9-11-22(23)15-24(26)27-19(4)17(2)18(3)21(6)29(27,8)28(25,7)20(16)5;1-2-5-9-7-3-6-8(9)4-1;1-3-2;;;/h9-14,16-18,20-21H,15H2,1-8H3;1-7H;1-2H3;2*1H;/q2*-1;;;;+2/p-2. The molecular weight excluding hydrogens is 655 g/mol. The minimum atomic E-state index is 0. The third kappa shape index (κ3) is 5.78. The van der Waals surface area contributed by atoms with Crippen LogP contribution in [0.2, 0.25) is 0 Å². The van der Waals surface area contributed by atoms with Crippen molar-refractivity contribution in [3.63, 3.8) is 0 Å². The molecule has 0 radical (unpaired) electrons. The van der Waals surface area contributed by atoms with Gasteiger partial charge in [0.15, 0.2) is 0 Å². The quantitative estimate of drug-likeness (QED) is 0.290. The normalized spacial score (nSPS) is 31.2. The van der Waals surface area contributed by atoms with Gasteiger partial charge in [-0.2, -0.15) is 28.7 Å². The van der Waals surface area contributed by atoms with Gasteiger partial charge in [0.05, 0.1) is 0 Å². The zero-order valence-corrected chi connectivity index (χ0v) is 32.3. The Morgan fingerprint density at radius 2 is 1.48 bits per heavy atom. The molecule has 44 heavy (non-hydrogen) atoms. The van der Waals surface area contributed by atoms with Crippen LogP contribution in [0.5, 0.6) is 0 Å². The summed E-state index contributed by atoms with van der Waals surface area (Å²) >= 11 is 1.55. The van der Waals surface area contributed by atoms with E-state index in [0.717, 1.165) is 6.42 Å². The van der Waals surface area contributed by atoms with Crippen LogP contribution in [0.1, 0.15) is 80.4 Å². The first-order chi connectivity index (χ1) is 19.9. The van der Waals surface area contributed by atoms with Gasteiger partial charge < -0.3 is 24.8 Å². The van der Waals surface area contributed by atoms with Crippen LogP contribution in [0.25, 0.3) is 16.3 Å². The molecule has 0 aliphatic heterocycles. The maximum Gasteiger partial charge on any atom is -0.0809 e. The SMILES string of the molecule is C[C-]1C2=C3Cc4ccccc4C3=C3C=CC(C)C(C)C3(C)C2(C)C(C)C(C)C1C.C[C](C)=[Zr+2].[Cl-].[Cl-].c1ccc2[cH-]ccc2c1. The summed E-state index contributed by atoms with van der Waals surface area (Å²) in [5.74, 6) is 4.93. The molecule has 0 N–H and O–H groups in total. The Hall–Kier alpha value is -1.53. The molecule has 0 saturated heterocycles. The van der Waals surface area contributed by atoms with E-state index in [9.17, 15) is 0 Å². The molecule has 7 rings (SSSR count).